The van der Waals surface area contributed by atoms with Crippen molar-refractivity contribution in [2.24, 2.45) is 0 Å². The summed E-state index contributed by atoms with van der Waals surface area (Å²) >= 11 is 0. The van der Waals surface area contributed by atoms with E-state index in [0.29, 0.717) is 22.8 Å². The molecular weight excluding hydrogens is 318 g/mol. The zero-order chi connectivity index (χ0) is 17.8. The van der Waals surface area contributed by atoms with Crippen LogP contribution in [0.1, 0.15) is 34.3 Å². The largest absolute Gasteiger partial charge is 0.496 e. The fraction of sp³-hybridized carbons (Fsp3) is 0.350. The zero-order valence-electron chi connectivity index (χ0n) is 14.8. The van der Waals surface area contributed by atoms with Crippen LogP contribution in [0, 0.1) is 0 Å². The highest BCUT2D eigenvalue weighted by atomic mass is 16.5. The molecule has 2 aromatic carbocycles. The molecule has 0 spiro atoms. The lowest BCUT2D eigenvalue weighted by Gasteiger charge is -2.20. The summed E-state index contributed by atoms with van der Waals surface area (Å²) in [6, 6.07) is 9.39. The molecule has 0 radical (unpaired) electrons. The zero-order valence-corrected chi connectivity index (χ0v) is 14.8. The number of anilines is 1. The molecule has 0 heterocycles. The summed E-state index contributed by atoms with van der Waals surface area (Å²) in [4.78, 5) is 12.9. The van der Waals surface area contributed by atoms with Crippen LogP contribution in [0.4, 0.5) is 5.69 Å². The van der Waals surface area contributed by atoms with E-state index in [2.05, 4.69) is 11.4 Å². The topological polar surface area (TPSA) is 56.8 Å². The van der Waals surface area contributed by atoms with Crippen molar-refractivity contribution in [3.63, 3.8) is 0 Å². The first-order chi connectivity index (χ1) is 12.2. The molecule has 3 rings (SSSR count). The van der Waals surface area contributed by atoms with Crippen LogP contribution in [0.15, 0.2) is 30.3 Å². The molecule has 0 saturated heterocycles. The van der Waals surface area contributed by atoms with Gasteiger partial charge in [0.25, 0.3) is 5.91 Å². The Hall–Kier alpha value is -2.69. The van der Waals surface area contributed by atoms with Crippen molar-refractivity contribution in [2.75, 3.05) is 26.6 Å². The maximum absolute atomic E-state index is 12.9. The van der Waals surface area contributed by atoms with E-state index in [-0.39, 0.29) is 5.91 Å². The number of carbonyl (C=O) groups excluding carboxylic acids is 1. The van der Waals surface area contributed by atoms with Crippen LogP contribution in [-0.2, 0) is 12.8 Å². The van der Waals surface area contributed by atoms with Gasteiger partial charge in [-0.25, -0.2) is 0 Å². The van der Waals surface area contributed by atoms with Gasteiger partial charge >= 0.3 is 0 Å². The Morgan fingerprint density at radius 2 is 1.60 bits per heavy atom. The summed E-state index contributed by atoms with van der Waals surface area (Å²) in [6.07, 6.45) is 4.42. The second-order valence-corrected chi connectivity index (χ2v) is 6.01. The Balaban J connectivity index is 1.94. The van der Waals surface area contributed by atoms with Gasteiger partial charge in [-0.05, 0) is 42.9 Å². The molecule has 5 heteroatoms. The third-order valence-corrected chi connectivity index (χ3v) is 4.59. The minimum absolute atomic E-state index is 0.225. The number of ether oxygens (including phenoxy) is 3. The fourth-order valence-electron chi connectivity index (χ4n) is 3.29. The maximum atomic E-state index is 12.9. The lowest BCUT2D eigenvalue weighted by Crippen LogP contribution is -2.16. The molecule has 1 amide bonds. The van der Waals surface area contributed by atoms with Crippen LogP contribution >= 0.6 is 0 Å². The molecule has 0 bridgehead atoms. The SMILES string of the molecule is COc1cc(OC)c(C(=O)Nc2cccc3c2CCCC3)cc1OC. The monoisotopic (exact) mass is 341 g/mol. The highest BCUT2D eigenvalue weighted by Crippen LogP contribution is 2.35. The minimum Gasteiger partial charge on any atom is -0.496 e. The number of amides is 1. The van der Waals surface area contributed by atoms with Gasteiger partial charge < -0.3 is 19.5 Å². The molecule has 0 unspecified atom stereocenters. The number of aryl methyl sites for hydroxylation is 1. The van der Waals surface area contributed by atoms with Gasteiger partial charge in [-0.15, -0.1) is 0 Å². The smallest absolute Gasteiger partial charge is 0.259 e. The van der Waals surface area contributed by atoms with E-state index in [9.17, 15) is 4.79 Å². The van der Waals surface area contributed by atoms with E-state index in [1.165, 1.54) is 24.7 Å². The van der Waals surface area contributed by atoms with Gasteiger partial charge in [0, 0.05) is 17.8 Å². The van der Waals surface area contributed by atoms with Gasteiger partial charge in [0.05, 0.1) is 26.9 Å². The Kier molecular flexibility index (Phi) is 5.12. The fourth-order valence-corrected chi connectivity index (χ4v) is 3.29. The first kappa shape index (κ1) is 17.1. The molecule has 1 aliphatic carbocycles. The molecule has 1 N–H and O–H groups in total. The van der Waals surface area contributed by atoms with Crippen LogP contribution < -0.4 is 19.5 Å². The molecule has 0 aliphatic heterocycles. The second kappa shape index (κ2) is 7.47. The van der Waals surface area contributed by atoms with Crippen LogP contribution in [0.3, 0.4) is 0 Å². The number of methoxy groups -OCH3 is 3. The van der Waals surface area contributed by atoms with E-state index in [0.717, 1.165) is 24.9 Å². The summed E-state index contributed by atoms with van der Waals surface area (Å²) < 4.78 is 15.9. The molecular formula is C20H23NO4. The number of hydrogen-bond acceptors (Lipinski definition) is 4. The van der Waals surface area contributed by atoms with Crippen molar-refractivity contribution in [3.8, 4) is 17.2 Å². The summed E-state index contributed by atoms with van der Waals surface area (Å²) in [6.45, 7) is 0. The highest BCUT2D eigenvalue weighted by Gasteiger charge is 2.20. The molecule has 0 fully saturated rings. The number of nitrogens with one attached hydrogen (secondary N) is 1. The predicted octanol–water partition coefficient (Wildman–Crippen LogP) is 3.84. The number of hydrogen-bond donors (Lipinski definition) is 1. The van der Waals surface area contributed by atoms with Gasteiger partial charge in [-0.1, -0.05) is 12.1 Å². The summed E-state index contributed by atoms with van der Waals surface area (Å²) in [5.74, 6) is 1.23. The number of rotatable bonds is 5. The lowest BCUT2D eigenvalue weighted by atomic mass is 9.90. The van der Waals surface area contributed by atoms with Gasteiger partial charge in [0.15, 0.2) is 11.5 Å². The van der Waals surface area contributed by atoms with E-state index >= 15 is 0 Å². The maximum Gasteiger partial charge on any atom is 0.259 e. The van der Waals surface area contributed by atoms with E-state index < -0.39 is 0 Å². The van der Waals surface area contributed by atoms with Crippen LogP contribution in [-0.4, -0.2) is 27.2 Å². The Labute approximate surface area is 147 Å². The molecule has 0 atom stereocenters. The molecule has 0 saturated carbocycles. The van der Waals surface area contributed by atoms with Crippen molar-refractivity contribution in [3.05, 3.63) is 47.0 Å². The standard InChI is InChI=1S/C20H23NO4/c1-23-17-12-19(25-3)18(24-2)11-15(17)20(22)21-16-10-6-8-13-7-4-5-9-14(13)16/h6,8,10-12H,4-5,7,9H2,1-3H3,(H,21,22). The van der Waals surface area contributed by atoms with Gasteiger partial charge in [-0.2, -0.15) is 0 Å². The van der Waals surface area contributed by atoms with Crippen molar-refractivity contribution in [1.82, 2.24) is 0 Å². The highest BCUT2D eigenvalue weighted by molar-refractivity contribution is 6.07. The average molecular weight is 341 g/mol. The number of benzene rings is 2. The average Bonchev–Trinajstić information content (AvgIpc) is 2.67. The molecule has 0 aromatic heterocycles. The normalized spacial score (nSPS) is 12.9. The van der Waals surface area contributed by atoms with Crippen molar-refractivity contribution >= 4 is 11.6 Å². The summed E-state index contributed by atoms with van der Waals surface area (Å²) in [5, 5.41) is 3.03. The summed E-state index contributed by atoms with van der Waals surface area (Å²) in [7, 11) is 4.62. The number of carbonyl (C=O) groups is 1. The van der Waals surface area contributed by atoms with Gasteiger partial charge in [-0.3, -0.25) is 4.79 Å². The molecule has 132 valence electrons. The predicted molar refractivity (Wildman–Crippen MR) is 97.1 cm³/mol. The van der Waals surface area contributed by atoms with E-state index in [4.69, 9.17) is 14.2 Å². The second-order valence-electron chi connectivity index (χ2n) is 6.01. The van der Waals surface area contributed by atoms with Crippen molar-refractivity contribution < 1.29 is 19.0 Å². The molecule has 5 nitrogen and oxygen atoms in total. The first-order valence-electron chi connectivity index (χ1n) is 8.40. The third-order valence-electron chi connectivity index (χ3n) is 4.59. The van der Waals surface area contributed by atoms with Crippen LogP contribution in [0.5, 0.6) is 17.2 Å². The van der Waals surface area contributed by atoms with Crippen LogP contribution in [0.25, 0.3) is 0 Å². The van der Waals surface area contributed by atoms with Crippen molar-refractivity contribution in [1.29, 1.82) is 0 Å². The van der Waals surface area contributed by atoms with E-state index in [1.807, 2.05) is 12.1 Å². The molecule has 25 heavy (non-hydrogen) atoms. The van der Waals surface area contributed by atoms with Gasteiger partial charge in [0.2, 0.25) is 0 Å². The molecule has 2 aromatic rings. The summed E-state index contributed by atoms with van der Waals surface area (Å²) in [5.41, 5.74) is 3.84. The lowest BCUT2D eigenvalue weighted by molar-refractivity contribution is 0.102. The number of fused-ring (bicyclic) bond motifs is 1. The van der Waals surface area contributed by atoms with Crippen LogP contribution in [0.2, 0.25) is 0 Å². The quantitative estimate of drug-likeness (QED) is 0.898. The first-order valence-corrected chi connectivity index (χ1v) is 8.40. The van der Waals surface area contributed by atoms with Crippen molar-refractivity contribution in [2.45, 2.75) is 25.7 Å². The van der Waals surface area contributed by atoms with E-state index in [1.54, 1.807) is 26.4 Å². The Bertz CT molecular complexity index is 786. The third kappa shape index (κ3) is 3.40. The Morgan fingerprint density at radius 1 is 0.920 bits per heavy atom. The Morgan fingerprint density at radius 3 is 2.32 bits per heavy atom. The minimum atomic E-state index is -0.225. The van der Waals surface area contributed by atoms with Gasteiger partial charge in [0.1, 0.15) is 5.75 Å². The molecule has 1 aliphatic rings.